The second-order valence-electron chi connectivity index (χ2n) is 16.0. The number of carbonyl (C=O) groups excluding carboxylic acids is 2. The number of quaternary nitrogens is 1. The van der Waals surface area contributed by atoms with Crippen LogP contribution in [0, 0.1) is 0 Å². The van der Waals surface area contributed by atoms with Crippen molar-refractivity contribution in [2.24, 2.45) is 0 Å². The second kappa shape index (κ2) is 42.4. The molecule has 0 aliphatic heterocycles. The highest BCUT2D eigenvalue weighted by Crippen LogP contribution is 2.13. The van der Waals surface area contributed by atoms with E-state index in [1.54, 1.807) is 0 Å². The van der Waals surface area contributed by atoms with Gasteiger partial charge < -0.3 is 23.8 Å². The third-order valence-electron chi connectivity index (χ3n) is 9.52. The number of likely N-dealkylation sites (N-methyl/N-ethyl adjacent to an activating group) is 1. The van der Waals surface area contributed by atoms with Crippen molar-refractivity contribution in [2.45, 2.75) is 154 Å². The van der Waals surface area contributed by atoms with Crippen molar-refractivity contribution in [1.82, 2.24) is 0 Å². The molecule has 0 radical (unpaired) electrons. The van der Waals surface area contributed by atoms with Gasteiger partial charge >= 0.3 is 17.9 Å². The number of hydrogen-bond acceptors (Lipinski definition) is 6. The first-order valence-electron chi connectivity index (χ1n) is 23.2. The van der Waals surface area contributed by atoms with Gasteiger partial charge in [0.2, 0.25) is 0 Å². The van der Waals surface area contributed by atoms with Gasteiger partial charge in [-0.15, -0.1) is 0 Å². The van der Waals surface area contributed by atoms with Gasteiger partial charge in [-0.2, -0.15) is 0 Å². The van der Waals surface area contributed by atoms with E-state index in [2.05, 4.69) is 74.6 Å². The maximum Gasteiger partial charge on any atom is 0.362 e. The Kier molecular flexibility index (Phi) is 39.5. The molecule has 0 saturated carbocycles. The van der Waals surface area contributed by atoms with Gasteiger partial charge in [-0.25, -0.2) is 4.79 Å². The van der Waals surface area contributed by atoms with Crippen LogP contribution in [0.1, 0.15) is 142 Å². The molecule has 0 bridgehead atoms. The van der Waals surface area contributed by atoms with E-state index in [1.807, 2.05) is 81.9 Å². The Labute approximate surface area is 371 Å². The van der Waals surface area contributed by atoms with E-state index in [4.69, 9.17) is 14.2 Å². The SMILES string of the molecule is CC/C=C/C=C/C=C/C=C/C=C/C=C/CCCCCC(=O)OC(COCCC(C(=O)O)[N+](C)(C)C)COC(=O)CCCCCCCCC/C=C/C/C=C/C/C=C/C/C=C/CC. The molecule has 8 nitrogen and oxygen atoms in total. The summed E-state index contributed by atoms with van der Waals surface area (Å²) in [7, 11) is 5.49. The number of esters is 2. The Bertz CT molecular complexity index is 1400. The number of carbonyl (C=O) groups is 3. The number of unbranched alkanes of at least 4 members (excludes halogenated alkanes) is 10. The van der Waals surface area contributed by atoms with Crippen LogP contribution in [0.15, 0.2) is 122 Å². The highest BCUT2D eigenvalue weighted by Gasteiger charge is 2.31. The third kappa shape index (κ3) is 40.9. The first kappa shape index (κ1) is 56.7. The summed E-state index contributed by atoms with van der Waals surface area (Å²) in [6.07, 6.45) is 59.5. The Hall–Kier alpha value is -4.27. The molecule has 0 heterocycles. The van der Waals surface area contributed by atoms with E-state index < -0.39 is 18.1 Å². The number of aliphatic carboxylic acids is 1. The zero-order chi connectivity index (χ0) is 44.9. The standard InChI is InChI=1S/C53H83NO7/c1-6-8-10-12-14-16-18-20-22-24-25-26-28-29-31-33-35-37-39-41-43-51(55)60-48-49(47-59-46-45-50(53(57)58)54(3,4)5)61-52(56)44-42-40-38-36-34-32-30-27-23-21-19-17-15-13-11-9-7-2/h8-11,13-17,19-23,25-27,30,32,34,49-50H,6-7,12,18,24,28-29,31,33,35-48H2,1-5H3/p+1/b10-8+,11-9+,15-13+,16-14+,19-17+,22-20+,23-21+,26-25+,30-27+,34-32+. The van der Waals surface area contributed by atoms with Crippen molar-refractivity contribution < 1.29 is 38.2 Å². The van der Waals surface area contributed by atoms with E-state index in [0.717, 1.165) is 83.5 Å². The first-order valence-corrected chi connectivity index (χ1v) is 23.2. The Morgan fingerprint density at radius 1 is 0.508 bits per heavy atom. The molecule has 0 fully saturated rings. The van der Waals surface area contributed by atoms with E-state index in [1.165, 1.54) is 19.3 Å². The van der Waals surface area contributed by atoms with Gasteiger partial charge in [0.15, 0.2) is 12.1 Å². The largest absolute Gasteiger partial charge is 0.477 e. The van der Waals surface area contributed by atoms with Crippen LogP contribution in [-0.4, -0.2) is 80.6 Å². The van der Waals surface area contributed by atoms with Gasteiger partial charge in [-0.05, 0) is 70.6 Å². The van der Waals surface area contributed by atoms with E-state index >= 15 is 0 Å². The van der Waals surface area contributed by atoms with Crippen LogP contribution in [-0.2, 0) is 28.6 Å². The smallest absolute Gasteiger partial charge is 0.362 e. The van der Waals surface area contributed by atoms with Crippen LogP contribution in [0.5, 0.6) is 0 Å². The molecule has 0 saturated heterocycles. The monoisotopic (exact) mass is 847 g/mol. The summed E-state index contributed by atoms with van der Waals surface area (Å²) in [6, 6.07) is -0.633. The molecule has 0 aromatic heterocycles. The summed E-state index contributed by atoms with van der Waals surface area (Å²) in [5, 5.41) is 9.63. The number of hydrogen-bond donors (Lipinski definition) is 1. The molecule has 61 heavy (non-hydrogen) atoms. The van der Waals surface area contributed by atoms with Crippen molar-refractivity contribution in [3.8, 4) is 0 Å². The normalized spacial score (nSPS) is 14.0. The molecule has 342 valence electrons. The molecule has 8 heteroatoms. The van der Waals surface area contributed by atoms with Gasteiger partial charge in [-0.1, -0.05) is 174 Å². The number of allylic oxidation sites excluding steroid dienone is 20. The molecule has 0 aromatic rings. The summed E-state index contributed by atoms with van der Waals surface area (Å²) in [6.45, 7) is 4.39. The molecule has 0 aromatic carbocycles. The highest BCUT2D eigenvalue weighted by atomic mass is 16.6. The van der Waals surface area contributed by atoms with Crippen molar-refractivity contribution in [2.75, 3.05) is 41.0 Å². The minimum Gasteiger partial charge on any atom is -0.477 e. The van der Waals surface area contributed by atoms with Crippen molar-refractivity contribution in [3.63, 3.8) is 0 Å². The summed E-state index contributed by atoms with van der Waals surface area (Å²) in [5.41, 5.74) is 0. The van der Waals surface area contributed by atoms with Crippen LogP contribution in [0.3, 0.4) is 0 Å². The van der Waals surface area contributed by atoms with Gasteiger partial charge in [0.1, 0.15) is 6.61 Å². The van der Waals surface area contributed by atoms with Crippen LogP contribution in [0.2, 0.25) is 0 Å². The highest BCUT2D eigenvalue weighted by molar-refractivity contribution is 5.72. The van der Waals surface area contributed by atoms with Gasteiger partial charge in [0.25, 0.3) is 0 Å². The summed E-state index contributed by atoms with van der Waals surface area (Å²) in [4.78, 5) is 37.1. The van der Waals surface area contributed by atoms with Gasteiger partial charge in [-0.3, -0.25) is 9.59 Å². The quantitative estimate of drug-likeness (QED) is 0.0216. The maximum atomic E-state index is 12.7. The number of nitrogens with zero attached hydrogens (tertiary/aromatic N) is 1. The molecule has 2 atom stereocenters. The molecule has 2 unspecified atom stereocenters. The molecule has 0 amide bonds. The fourth-order valence-corrected chi connectivity index (χ4v) is 5.99. The lowest BCUT2D eigenvalue weighted by Crippen LogP contribution is -2.50. The van der Waals surface area contributed by atoms with Crippen LogP contribution >= 0.6 is 0 Å². The predicted octanol–water partition coefficient (Wildman–Crippen LogP) is 13.0. The van der Waals surface area contributed by atoms with Crippen molar-refractivity contribution >= 4 is 17.9 Å². The van der Waals surface area contributed by atoms with Crippen molar-refractivity contribution in [1.29, 1.82) is 0 Å². The number of rotatable bonds is 39. The molecular formula is C53H84NO7+. The minimum absolute atomic E-state index is 0.0300. The summed E-state index contributed by atoms with van der Waals surface area (Å²) >= 11 is 0. The fraction of sp³-hybridized carbons (Fsp3) is 0.566. The maximum absolute atomic E-state index is 12.7. The molecule has 0 aliphatic rings. The number of carboxylic acid groups (broad SMARTS) is 1. The molecule has 1 N–H and O–H groups in total. The Morgan fingerprint density at radius 2 is 0.951 bits per heavy atom. The second-order valence-corrected chi connectivity index (χ2v) is 16.0. The lowest BCUT2D eigenvalue weighted by atomic mass is 10.1. The third-order valence-corrected chi connectivity index (χ3v) is 9.52. The number of carboxylic acids is 1. The lowest BCUT2D eigenvalue weighted by Gasteiger charge is -2.31. The van der Waals surface area contributed by atoms with E-state index in [0.29, 0.717) is 19.3 Å². The zero-order valence-electron chi connectivity index (χ0n) is 38.8. The van der Waals surface area contributed by atoms with Gasteiger partial charge in [0, 0.05) is 19.3 Å². The predicted molar refractivity (Wildman–Crippen MR) is 256 cm³/mol. The molecule has 0 aliphatic carbocycles. The molecular weight excluding hydrogens is 763 g/mol. The first-order chi connectivity index (χ1) is 29.6. The van der Waals surface area contributed by atoms with E-state index in [-0.39, 0.29) is 42.7 Å². The minimum atomic E-state index is -0.891. The van der Waals surface area contributed by atoms with Crippen molar-refractivity contribution in [3.05, 3.63) is 122 Å². The number of ether oxygens (including phenoxy) is 3. The molecule has 0 rings (SSSR count). The van der Waals surface area contributed by atoms with Crippen LogP contribution in [0.4, 0.5) is 0 Å². The molecule has 0 spiro atoms. The fourth-order valence-electron chi connectivity index (χ4n) is 5.99. The van der Waals surface area contributed by atoms with Crippen LogP contribution in [0.25, 0.3) is 0 Å². The summed E-state index contributed by atoms with van der Waals surface area (Å²) in [5.74, 6) is -1.56. The topological polar surface area (TPSA) is 99.1 Å². The zero-order valence-corrected chi connectivity index (χ0v) is 38.8. The Morgan fingerprint density at radius 3 is 1.49 bits per heavy atom. The average Bonchev–Trinajstić information content (AvgIpc) is 3.22. The van der Waals surface area contributed by atoms with Crippen LogP contribution < -0.4 is 0 Å². The van der Waals surface area contributed by atoms with E-state index in [9.17, 15) is 19.5 Å². The average molecular weight is 847 g/mol. The Balaban J connectivity index is 4.44. The summed E-state index contributed by atoms with van der Waals surface area (Å²) < 4.78 is 17.2. The van der Waals surface area contributed by atoms with Gasteiger partial charge in [0.05, 0.1) is 34.4 Å². The lowest BCUT2D eigenvalue weighted by molar-refractivity contribution is -0.887.